The largest absolute Gasteiger partial charge is 0.465 e. The molecule has 1 atom stereocenters. The van der Waals surface area contributed by atoms with E-state index in [4.69, 9.17) is 15.9 Å². The SMILES string of the molecule is C#CC(NCC(=O)OCC)C(=O)OC(C)(C)C. The quantitative estimate of drug-likeness (QED) is 0.560. The molecule has 96 valence electrons. The molecule has 0 radical (unpaired) electrons. The molecule has 0 aromatic carbocycles. The summed E-state index contributed by atoms with van der Waals surface area (Å²) >= 11 is 0. The van der Waals surface area contributed by atoms with Gasteiger partial charge in [0.1, 0.15) is 5.60 Å². The number of esters is 2. The van der Waals surface area contributed by atoms with E-state index in [1.54, 1.807) is 27.7 Å². The van der Waals surface area contributed by atoms with Gasteiger partial charge in [-0.05, 0) is 27.7 Å². The van der Waals surface area contributed by atoms with Crippen LogP contribution in [0.15, 0.2) is 0 Å². The highest BCUT2D eigenvalue weighted by Crippen LogP contribution is 2.08. The normalized spacial score (nSPS) is 12.4. The van der Waals surface area contributed by atoms with Gasteiger partial charge in [-0.3, -0.25) is 10.1 Å². The number of hydrogen-bond acceptors (Lipinski definition) is 5. The van der Waals surface area contributed by atoms with E-state index in [2.05, 4.69) is 11.2 Å². The van der Waals surface area contributed by atoms with E-state index in [0.717, 1.165) is 0 Å². The standard InChI is InChI=1S/C12H19NO4/c1-6-9(11(15)17-12(3,4)5)13-8-10(14)16-7-2/h1,9,13H,7-8H2,2-5H3. The Bertz CT molecular complexity index is 311. The van der Waals surface area contributed by atoms with Gasteiger partial charge in [0.2, 0.25) is 0 Å². The fourth-order valence-corrected chi connectivity index (χ4v) is 0.968. The van der Waals surface area contributed by atoms with Crippen molar-refractivity contribution in [3.8, 4) is 12.3 Å². The molecular formula is C12H19NO4. The molecule has 0 aliphatic heterocycles. The van der Waals surface area contributed by atoms with Crippen LogP contribution in [-0.2, 0) is 19.1 Å². The molecule has 0 rings (SSSR count). The van der Waals surface area contributed by atoms with Gasteiger partial charge in [-0.15, -0.1) is 6.42 Å². The Hall–Kier alpha value is -1.54. The van der Waals surface area contributed by atoms with Crippen LogP contribution in [0.3, 0.4) is 0 Å². The molecule has 0 saturated carbocycles. The van der Waals surface area contributed by atoms with Crippen molar-refractivity contribution in [2.75, 3.05) is 13.2 Å². The van der Waals surface area contributed by atoms with E-state index in [9.17, 15) is 9.59 Å². The van der Waals surface area contributed by atoms with Crippen LogP contribution in [0.25, 0.3) is 0 Å². The minimum atomic E-state index is -0.946. The highest BCUT2D eigenvalue weighted by Gasteiger charge is 2.23. The van der Waals surface area contributed by atoms with Crippen LogP contribution < -0.4 is 5.32 Å². The number of carbonyl (C=O) groups excluding carboxylic acids is 2. The van der Waals surface area contributed by atoms with Gasteiger partial charge < -0.3 is 9.47 Å². The average molecular weight is 241 g/mol. The second kappa shape index (κ2) is 6.92. The highest BCUT2D eigenvalue weighted by atomic mass is 16.6. The molecule has 1 unspecified atom stereocenters. The van der Waals surface area contributed by atoms with E-state index in [1.165, 1.54) is 0 Å². The molecule has 0 aromatic heterocycles. The number of ether oxygens (including phenoxy) is 2. The zero-order valence-electron chi connectivity index (χ0n) is 10.7. The van der Waals surface area contributed by atoms with Crippen molar-refractivity contribution in [1.29, 1.82) is 0 Å². The van der Waals surface area contributed by atoms with Gasteiger partial charge in [0.05, 0.1) is 13.2 Å². The van der Waals surface area contributed by atoms with Gasteiger partial charge >= 0.3 is 11.9 Å². The first-order valence-electron chi connectivity index (χ1n) is 5.38. The minimum absolute atomic E-state index is 0.123. The van der Waals surface area contributed by atoms with Gasteiger partial charge in [0, 0.05) is 0 Å². The lowest BCUT2D eigenvalue weighted by molar-refractivity contribution is -0.155. The summed E-state index contributed by atoms with van der Waals surface area (Å²) in [7, 11) is 0. The summed E-state index contributed by atoms with van der Waals surface area (Å²) in [5.41, 5.74) is -0.613. The molecule has 0 aliphatic rings. The molecule has 0 heterocycles. The Morgan fingerprint density at radius 1 is 1.41 bits per heavy atom. The first-order valence-corrected chi connectivity index (χ1v) is 5.38. The lowest BCUT2D eigenvalue weighted by Gasteiger charge is -2.22. The smallest absolute Gasteiger partial charge is 0.336 e. The van der Waals surface area contributed by atoms with Gasteiger partial charge in [-0.25, -0.2) is 4.79 Å². The number of rotatable bonds is 5. The van der Waals surface area contributed by atoms with Gasteiger partial charge in [-0.2, -0.15) is 0 Å². The van der Waals surface area contributed by atoms with E-state index in [1.807, 2.05) is 0 Å². The fraction of sp³-hybridized carbons (Fsp3) is 0.667. The third-order valence-electron chi connectivity index (χ3n) is 1.56. The Balaban J connectivity index is 4.21. The number of carbonyl (C=O) groups is 2. The van der Waals surface area contributed by atoms with Crippen LogP contribution in [-0.4, -0.2) is 36.7 Å². The topological polar surface area (TPSA) is 64.6 Å². The van der Waals surface area contributed by atoms with E-state index >= 15 is 0 Å². The van der Waals surface area contributed by atoms with E-state index < -0.39 is 23.6 Å². The zero-order chi connectivity index (χ0) is 13.5. The summed E-state index contributed by atoms with van der Waals surface area (Å²) in [5, 5.41) is 2.59. The summed E-state index contributed by atoms with van der Waals surface area (Å²) in [6.07, 6.45) is 5.19. The maximum absolute atomic E-state index is 11.6. The highest BCUT2D eigenvalue weighted by molar-refractivity contribution is 5.81. The van der Waals surface area contributed by atoms with Crippen molar-refractivity contribution in [2.24, 2.45) is 0 Å². The molecule has 0 saturated heterocycles. The first kappa shape index (κ1) is 15.5. The van der Waals surface area contributed by atoms with Gasteiger partial charge in [0.25, 0.3) is 0 Å². The molecule has 17 heavy (non-hydrogen) atoms. The van der Waals surface area contributed by atoms with Crippen molar-refractivity contribution in [1.82, 2.24) is 5.32 Å². The van der Waals surface area contributed by atoms with Crippen LogP contribution in [0.5, 0.6) is 0 Å². The molecule has 5 nitrogen and oxygen atoms in total. The van der Waals surface area contributed by atoms with Gasteiger partial charge in [-0.1, -0.05) is 5.92 Å². The van der Waals surface area contributed by atoms with Crippen molar-refractivity contribution in [3.05, 3.63) is 0 Å². The predicted octanol–water partition coefficient (Wildman–Crippen LogP) is 0.483. The van der Waals surface area contributed by atoms with Crippen molar-refractivity contribution in [2.45, 2.75) is 39.3 Å². The summed E-state index contributed by atoms with van der Waals surface area (Å²) in [5.74, 6) is 1.19. The van der Waals surface area contributed by atoms with E-state index in [-0.39, 0.29) is 13.2 Å². The molecule has 0 amide bonds. The Kier molecular flexibility index (Phi) is 6.29. The monoisotopic (exact) mass is 241 g/mol. The van der Waals surface area contributed by atoms with Crippen LogP contribution in [0.1, 0.15) is 27.7 Å². The molecule has 0 bridgehead atoms. The van der Waals surface area contributed by atoms with Crippen LogP contribution in [0.2, 0.25) is 0 Å². The molecule has 0 aromatic rings. The lowest BCUT2D eigenvalue weighted by Crippen LogP contribution is -2.42. The molecule has 1 N–H and O–H groups in total. The average Bonchev–Trinajstić information content (AvgIpc) is 2.16. The predicted molar refractivity (Wildman–Crippen MR) is 63.1 cm³/mol. The maximum atomic E-state index is 11.6. The van der Waals surface area contributed by atoms with Gasteiger partial charge in [0.15, 0.2) is 6.04 Å². The number of hydrogen-bond donors (Lipinski definition) is 1. The minimum Gasteiger partial charge on any atom is -0.465 e. The number of nitrogens with one attached hydrogen (secondary N) is 1. The Morgan fingerprint density at radius 3 is 2.41 bits per heavy atom. The second-order valence-electron chi connectivity index (χ2n) is 4.32. The Morgan fingerprint density at radius 2 is 2.00 bits per heavy atom. The van der Waals surface area contributed by atoms with Crippen molar-refractivity contribution >= 4 is 11.9 Å². The van der Waals surface area contributed by atoms with Crippen molar-refractivity contribution < 1.29 is 19.1 Å². The van der Waals surface area contributed by atoms with Crippen LogP contribution >= 0.6 is 0 Å². The summed E-state index contributed by atoms with van der Waals surface area (Å²) in [4.78, 5) is 22.6. The summed E-state index contributed by atoms with van der Waals surface area (Å²) < 4.78 is 9.78. The third-order valence-corrected chi connectivity index (χ3v) is 1.56. The number of terminal acetylenes is 1. The van der Waals surface area contributed by atoms with Crippen LogP contribution in [0.4, 0.5) is 0 Å². The summed E-state index contributed by atoms with van der Waals surface area (Å²) in [6.45, 7) is 7.08. The maximum Gasteiger partial charge on any atom is 0.336 e. The zero-order valence-corrected chi connectivity index (χ0v) is 10.7. The molecule has 5 heteroatoms. The molecular weight excluding hydrogens is 222 g/mol. The Labute approximate surface area is 102 Å². The van der Waals surface area contributed by atoms with Crippen LogP contribution in [0, 0.1) is 12.3 Å². The molecule has 0 aliphatic carbocycles. The lowest BCUT2D eigenvalue weighted by atomic mass is 10.2. The van der Waals surface area contributed by atoms with E-state index in [0.29, 0.717) is 0 Å². The second-order valence-corrected chi connectivity index (χ2v) is 4.32. The molecule has 0 fully saturated rings. The van der Waals surface area contributed by atoms with Crippen molar-refractivity contribution in [3.63, 3.8) is 0 Å². The first-order chi connectivity index (χ1) is 7.80. The summed E-state index contributed by atoms with van der Waals surface area (Å²) in [6, 6.07) is -0.946. The third kappa shape index (κ3) is 7.36. The fourth-order valence-electron chi connectivity index (χ4n) is 0.968. The molecule has 0 spiro atoms.